The number of fused-ring (bicyclic) bond motifs is 4. The van der Waals surface area contributed by atoms with Crippen molar-refractivity contribution in [3.63, 3.8) is 0 Å². The fraction of sp³-hybridized carbons (Fsp3) is 0.176. The van der Waals surface area contributed by atoms with Crippen LogP contribution in [0.2, 0.25) is 0 Å². The van der Waals surface area contributed by atoms with Crippen molar-refractivity contribution < 1.29 is 0 Å². The molecular formula is C68H60N2. The maximum absolute atomic E-state index is 2.43. The van der Waals surface area contributed by atoms with Crippen molar-refractivity contribution in [1.82, 2.24) is 0 Å². The lowest BCUT2D eigenvalue weighted by Crippen LogP contribution is -2.17. The first-order valence-electron chi connectivity index (χ1n) is 25.2. The molecule has 2 atom stereocenters. The molecule has 0 heterocycles. The minimum atomic E-state index is 0.0418. The average Bonchev–Trinajstić information content (AvgIpc) is 3.77. The second-order valence-electron chi connectivity index (χ2n) is 21.1. The summed E-state index contributed by atoms with van der Waals surface area (Å²) in [6.45, 7) is 13.8. The Balaban J connectivity index is 0.794. The predicted octanol–water partition coefficient (Wildman–Crippen LogP) is 18.5. The molecule has 0 fully saturated rings. The minimum absolute atomic E-state index is 0.0418. The standard InChI is InChI=1S/C68H60N2/c1-45-15-29-53(30-16-45)69(57-37-23-49(24-38-57)51-27-41-65-61(43-51)59-11-7-9-13-63(59)67(65,3)4)55-33-19-47(20-34-55)48-21-35-56(36-22-48)70(54-31-17-46(2)18-32-54)58-39-25-50(26-40-58)52-28-42-66-62(44-52)60-12-8-10-14-64(60)68(66,5)6/h7-42,51-52H,43-44H2,1-6H3/t51-,52-/m1/s1. The van der Waals surface area contributed by atoms with Gasteiger partial charge in [0.2, 0.25) is 0 Å². The van der Waals surface area contributed by atoms with Crippen molar-refractivity contribution in [3.8, 4) is 11.1 Å². The molecule has 0 saturated carbocycles. The lowest BCUT2D eigenvalue weighted by atomic mass is 9.78. The molecule has 2 nitrogen and oxygen atoms in total. The molecule has 0 aliphatic heterocycles. The summed E-state index contributed by atoms with van der Waals surface area (Å²) in [6.07, 6.45) is 11.7. The lowest BCUT2D eigenvalue weighted by Gasteiger charge is -2.28. The zero-order chi connectivity index (χ0) is 47.7. The Morgan fingerprint density at radius 1 is 0.357 bits per heavy atom. The van der Waals surface area contributed by atoms with Crippen LogP contribution in [0.1, 0.15) is 96.9 Å². The number of hydrogen-bond donors (Lipinski definition) is 0. The molecule has 8 aromatic carbocycles. The summed E-state index contributed by atoms with van der Waals surface area (Å²) < 4.78 is 0. The van der Waals surface area contributed by atoms with Gasteiger partial charge in [-0.2, -0.15) is 0 Å². The smallest absolute Gasteiger partial charge is 0.0462 e. The van der Waals surface area contributed by atoms with Gasteiger partial charge in [-0.05, 0) is 166 Å². The van der Waals surface area contributed by atoms with Gasteiger partial charge in [0.1, 0.15) is 0 Å². The van der Waals surface area contributed by atoms with E-state index in [1.807, 2.05) is 0 Å². The maximum atomic E-state index is 2.43. The summed E-state index contributed by atoms with van der Waals surface area (Å²) in [6, 6.07) is 72.4. The van der Waals surface area contributed by atoms with Gasteiger partial charge in [0, 0.05) is 56.8 Å². The van der Waals surface area contributed by atoms with Gasteiger partial charge in [0.25, 0.3) is 0 Å². The van der Waals surface area contributed by atoms with Crippen LogP contribution in [0.4, 0.5) is 34.1 Å². The maximum Gasteiger partial charge on any atom is 0.0462 e. The van der Waals surface area contributed by atoms with E-state index in [0.717, 1.165) is 47.0 Å². The van der Waals surface area contributed by atoms with Crippen LogP contribution in [0, 0.1) is 13.8 Å². The van der Waals surface area contributed by atoms with Crippen LogP contribution in [0.25, 0.3) is 22.3 Å². The topological polar surface area (TPSA) is 6.48 Å². The van der Waals surface area contributed by atoms with Crippen molar-refractivity contribution in [2.75, 3.05) is 9.80 Å². The van der Waals surface area contributed by atoms with E-state index in [-0.39, 0.29) is 10.8 Å². The van der Waals surface area contributed by atoms with E-state index < -0.39 is 0 Å². The number of allylic oxidation sites excluding steroid dienone is 8. The number of anilines is 6. The number of nitrogens with zero attached hydrogens (tertiary/aromatic N) is 2. The van der Waals surface area contributed by atoms with E-state index in [2.05, 4.69) is 270 Å². The highest BCUT2D eigenvalue weighted by Gasteiger charge is 2.39. The van der Waals surface area contributed by atoms with Crippen molar-refractivity contribution in [2.45, 2.75) is 77.0 Å². The first-order valence-corrected chi connectivity index (χ1v) is 25.2. The van der Waals surface area contributed by atoms with Crippen LogP contribution in [0.5, 0.6) is 0 Å². The Bertz CT molecular complexity index is 3160. The SMILES string of the molecule is Cc1ccc(N(c2ccc(-c3ccc(N(c4ccc(C)cc4)c4ccc([C@@H]5C=CC6=C(C5)c5ccccc5C6(C)C)cc4)cc3)cc2)c2ccc([C@@H]3C=CC4=C(C3)c3ccccc3C4(C)C)cc2)cc1. The van der Waals surface area contributed by atoms with Gasteiger partial charge in [-0.1, -0.05) is 184 Å². The number of hydrogen-bond acceptors (Lipinski definition) is 2. The zero-order valence-corrected chi connectivity index (χ0v) is 41.2. The fourth-order valence-electron chi connectivity index (χ4n) is 12.1. The molecule has 2 heteroatoms. The molecule has 0 spiro atoms. The Morgan fingerprint density at radius 2 is 0.657 bits per heavy atom. The average molecular weight is 905 g/mol. The van der Waals surface area contributed by atoms with Crippen LogP contribution in [0.3, 0.4) is 0 Å². The molecule has 0 N–H and O–H groups in total. The molecule has 0 radical (unpaired) electrons. The van der Waals surface area contributed by atoms with E-state index >= 15 is 0 Å². The first kappa shape index (κ1) is 43.6. The van der Waals surface area contributed by atoms with Gasteiger partial charge in [-0.25, -0.2) is 0 Å². The highest BCUT2D eigenvalue weighted by atomic mass is 15.1. The molecule has 8 aromatic rings. The first-order chi connectivity index (χ1) is 34.0. The molecule has 12 rings (SSSR count). The molecule has 70 heavy (non-hydrogen) atoms. The number of aryl methyl sites for hydroxylation is 2. The Labute approximate surface area is 415 Å². The van der Waals surface area contributed by atoms with Gasteiger partial charge in [0.05, 0.1) is 0 Å². The fourth-order valence-corrected chi connectivity index (χ4v) is 12.1. The molecule has 0 aromatic heterocycles. The zero-order valence-electron chi connectivity index (χ0n) is 41.2. The largest absolute Gasteiger partial charge is 0.311 e. The molecule has 0 bridgehead atoms. The van der Waals surface area contributed by atoms with Crippen LogP contribution in [-0.4, -0.2) is 0 Å². The molecule has 0 amide bonds. The number of rotatable bonds is 9. The van der Waals surface area contributed by atoms with Crippen molar-refractivity contribution in [3.05, 3.63) is 274 Å². The van der Waals surface area contributed by atoms with Crippen LogP contribution in [-0.2, 0) is 10.8 Å². The van der Waals surface area contributed by atoms with Crippen LogP contribution < -0.4 is 9.80 Å². The molecular weight excluding hydrogens is 845 g/mol. The molecule has 4 aliphatic carbocycles. The van der Waals surface area contributed by atoms with Crippen molar-refractivity contribution in [2.24, 2.45) is 0 Å². The molecule has 4 aliphatic rings. The summed E-state index contributed by atoms with van der Waals surface area (Å²) in [5.74, 6) is 0.681. The quantitative estimate of drug-likeness (QED) is 0.142. The summed E-state index contributed by atoms with van der Waals surface area (Å²) in [5, 5.41) is 0. The van der Waals surface area contributed by atoms with Crippen molar-refractivity contribution in [1.29, 1.82) is 0 Å². The predicted molar refractivity (Wildman–Crippen MR) is 296 cm³/mol. The summed E-state index contributed by atoms with van der Waals surface area (Å²) in [4.78, 5) is 4.75. The third-order valence-electron chi connectivity index (χ3n) is 16.0. The van der Waals surface area contributed by atoms with Gasteiger partial charge in [-0.15, -0.1) is 0 Å². The highest BCUT2D eigenvalue weighted by molar-refractivity contribution is 5.86. The van der Waals surface area contributed by atoms with E-state index in [1.165, 1.54) is 77.9 Å². The van der Waals surface area contributed by atoms with E-state index in [9.17, 15) is 0 Å². The monoisotopic (exact) mass is 904 g/mol. The Morgan fingerprint density at radius 3 is 1.00 bits per heavy atom. The van der Waals surface area contributed by atoms with E-state index in [1.54, 1.807) is 0 Å². The molecule has 0 unspecified atom stereocenters. The highest BCUT2D eigenvalue weighted by Crippen LogP contribution is 2.54. The Hall–Kier alpha value is -7.68. The van der Waals surface area contributed by atoms with Gasteiger partial charge in [0.15, 0.2) is 0 Å². The molecule has 342 valence electrons. The number of benzene rings is 8. The van der Waals surface area contributed by atoms with E-state index in [4.69, 9.17) is 0 Å². The summed E-state index contributed by atoms with van der Waals surface area (Å²) in [5.41, 5.74) is 26.2. The van der Waals surface area contributed by atoms with Gasteiger partial charge >= 0.3 is 0 Å². The van der Waals surface area contributed by atoms with Gasteiger partial charge < -0.3 is 9.80 Å². The van der Waals surface area contributed by atoms with Crippen LogP contribution in [0.15, 0.2) is 230 Å². The normalized spacial score (nSPS) is 18.0. The lowest BCUT2D eigenvalue weighted by molar-refractivity contribution is 0.649. The third kappa shape index (κ3) is 7.49. The van der Waals surface area contributed by atoms with Crippen molar-refractivity contribution >= 4 is 45.3 Å². The van der Waals surface area contributed by atoms with Gasteiger partial charge in [-0.3, -0.25) is 0 Å². The second kappa shape index (κ2) is 17.1. The summed E-state index contributed by atoms with van der Waals surface area (Å²) >= 11 is 0. The molecule has 0 saturated heterocycles. The second-order valence-corrected chi connectivity index (χ2v) is 21.1. The van der Waals surface area contributed by atoms with E-state index in [0.29, 0.717) is 11.8 Å². The summed E-state index contributed by atoms with van der Waals surface area (Å²) in [7, 11) is 0. The third-order valence-corrected chi connectivity index (χ3v) is 16.0. The minimum Gasteiger partial charge on any atom is -0.311 e. The van der Waals surface area contributed by atoms with Crippen LogP contribution >= 0.6 is 0 Å². The Kier molecular flexibility index (Phi) is 10.6.